The van der Waals surface area contributed by atoms with Gasteiger partial charge >= 0.3 is 0 Å². The second-order valence-electron chi connectivity index (χ2n) is 7.95. The average Bonchev–Trinajstić information content (AvgIpc) is 3.36. The molecule has 34 heavy (non-hydrogen) atoms. The van der Waals surface area contributed by atoms with Crippen LogP contribution in [-0.4, -0.2) is 65.6 Å². The number of anilines is 1. The monoisotopic (exact) mass is 482 g/mol. The number of ether oxygens (including phenoxy) is 1. The first-order chi connectivity index (χ1) is 16.6. The van der Waals surface area contributed by atoms with Crippen molar-refractivity contribution in [1.82, 2.24) is 25.2 Å². The second kappa shape index (κ2) is 12.0. The van der Waals surface area contributed by atoms with E-state index >= 15 is 0 Å². The molecule has 0 saturated carbocycles. The maximum atomic E-state index is 12.4. The van der Waals surface area contributed by atoms with Crippen LogP contribution in [0.1, 0.15) is 34.5 Å². The quantitative estimate of drug-likeness (QED) is 0.345. The van der Waals surface area contributed by atoms with E-state index in [0.717, 1.165) is 49.8 Å². The Balaban J connectivity index is 1.36. The molecular weight excluding hydrogens is 452 g/mol. The lowest BCUT2D eigenvalue weighted by atomic mass is 10.2. The molecule has 180 valence electrons. The summed E-state index contributed by atoms with van der Waals surface area (Å²) in [5.41, 5.74) is 1.83. The Hall–Kier alpha value is -2.95. The van der Waals surface area contributed by atoms with E-state index in [1.807, 2.05) is 24.3 Å². The zero-order chi connectivity index (χ0) is 23.8. The molecule has 0 atom stereocenters. The van der Waals surface area contributed by atoms with Crippen LogP contribution in [0.3, 0.4) is 0 Å². The van der Waals surface area contributed by atoms with Crippen molar-refractivity contribution in [3.63, 3.8) is 0 Å². The number of carbonyl (C=O) groups excluding carboxylic acids is 1. The first-order valence-electron chi connectivity index (χ1n) is 11.4. The normalized spacial score (nSPS) is 14.4. The smallest absolute Gasteiger partial charge is 0.287 e. The van der Waals surface area contributed by atoms with Gasteiger partial charge in [0, 0.05) is 58.3 Å². The van der Waals surface area contributed by atoms with Crippen molar-refractivity contribution in [2.24, 2.45) is 0 Å². The first kappa shape index (κ1) is 24.2. The lowest BCUT2D eigenvalue weighted by Crippen LogP contribution is -2.46. The molecule has 1 N–H and O–H groups in total. The van der Waals surface area contributed by atoms with Crippen LogP contribution in [0.25, 0.3) is 0 Å². The fraction of sp³-hybridized carbons (Fsp3) is 0.417. The molecule has 9 nitrogen and oxygen atoms in total. The van der Waals surface area contributed by atoms with Gasteiger partial charge in [-0.15, -0.1) is 0 Å². The highest BCUT2D eigenvalue weighted by Gasteiger charge is 2.19. The predicted octanol–water partition coefficient (Wildman–Crippen LogP) is 2.98. The van der Waals surface area contributed by atoms with E-state index in [1.54, 1.807) is 25.6 Å². The van der Waals surface area contributed by atoms with Gasteiger partial charge in [-0.2, -0.15) is 0 Å². The van der Waals surface area contributed by atoms with E-state index in [1.165, 1.54) is 11.8 Å². The number of aromatic nitrogens is 3. The molecule has 0 unspecified atom stereocenters. The largest absolute Gasteiger partial charge is 0.455 e. The Morgan fingerprint density at radius 2 is 1.94 bits per heavy atom. The Labute approximate surface area is 203 Å². The minimum absolute atomic E-state index is 0.250. The molecule has 4 rings (SSSR count). The third-order valence-electron chi connectivity index (χ3n) is 5.61. The molecule has 10 heteroatoms. The van der Waals surface area contributed by atoms with Gasteiger partial charge in [-0.3, -0.25) is 9.78 Å². The molecular formula is C24H30N6O3S. The van der Waals surface area contributed by atoms with Crippen LogP contribution in [0, 0.1) is 0 Å². The highest BCUT2D eigenvalue weighted by atomic mass is 32.2. The summed E-state index contributed by atoms with van der Waals surface area (Å²) in [7, 11) is 1.67. The summed E-state index contributed by atoms with van der Waals surface area (Å²) in [5, 5.41) is 3.53. The summed E-state index contributed by atoms with van der Waals surface area (Å²) in [6.45, 7) is 8.05. The number of hydrogen-bond donors (Lipinski definition) is 1. The second-order valence-corrected chi connectivity index (χ2v) is 8.89. The highest BCUT2D eigenvalue weighted by Crippen LogP contribution is 2.25. The standard InChI is InChI=1S/C24H30N6O3S/c1-3-29-10-12-30(13-11-29)22-14-19(16-32-2)27-24(28-22)34-17-20-4-5-21(33-20)23(31)26-15-18-6-8-25-9-7-18/h4-9,14H,3,10-13,15-17H2,1-2H3,(H,26,31). The number of carbonyl (C=O) groups is 1. The van der Waals surface area contributed by atoms with E-state index in [4.69, 9.17) is 14.1 Å². The van der Waals surface area contributed by atoms with Gasteiger partial charge in [-0.05, 0) is 36.4 Å². The van der Waals surface area contributed by atoms with Gasteiger partial charge in [-0.25, -0.2) is 9.97 Å². The van der Waals surface area contributed by atoms with Crippen molar-refractivity contribution in [1.29, 1.82) is 0 Å². The van der Waals surface area contributed by atoms with Gasteiger partial charge in [0.25, 0.3) is 5.91 Å². The van der Waals surface area contributed by atoms with Crippen LogP contribution in [0.2, 0.25) is 0 Å². The zero-order valence-corrected chi connectivity index (χ0v) is 20.4. The van der Waals surface area contributed by atoms with E-state index in [-0.39, 0.29) is 11.7 Å². The van der Waals surface area contributed by atoms with Crippen LogP contribution in [0.15, 0.2) is 52.3 Å². The number of thioether (sulfide) groups is 1. The third kappa shape index (κ3) is 6.55. The predicted molar refractivity (Wildman–Crippen MR) is 131 cm³/mol. The average molecular weight is 483 g/mol. The summed E-state index contributed by atoms with van der Waals surface area (Å²) in [5.74, 6) is 2.18. The minimum Gasteiger partial charge on any atom is -0.455 e. The van der Waals surface area contributed by atoms with Crippen LogP contribution < -0.4 is 10.2 Å². The lowest BCUT2D eigenvalue weighted by Gasteiger charge is -2.34. The van der Waals surface area contributed by atoms with Crippen molar-refractivity contribution in [2.45, 2.75) is 31.0 Å². The van der Waals surface area contributed by atoms with Gasteiger partial charge in [-0.1, -0.05) is 18.7 Å². The van der Waals surface area contributed by atoms with Crippen molar-refractivity contribution < 1.29 is 13.9 Å². The summed E-state index contributed by atoms with van der Waals surface area (Å²) < 4.78 is 11.1. The van der Waals surface area contributed by atoms with Crippen LogP contribution in [0.4, 0.5) is 5.82 Å². The van der Waals surface area contributed by atoms with E-state index in [0.29, 0.717) is 29.8 Å². The lowest BCUT2D eigenvalue weighted by molar-refractivity contribution is 0.0921. The highest BCUT2D eigenvalue weighted by molar-refractivity contribution is 7.98. The van der Waals surface area contributed by atoms with E-state index in [2.05, 4.69) is 32.0 Å². The fourth-order valence-corrected chi connectivity index (χ4v) is 4.45. The molecule has 0 aliphatic carbocycles. The number of methoxy groups -OCH3 is 1. The number of nitrogens with one attached hydrogen (secondary N) is 1. The molecule has 1 saturated heterocycles. The number of rotatable bonds is 10. The molecule has 4 heterocycles. The number of furan rings is 1. The number of piperazine rings is 1. The topological polar surface area (TPSA) is 96.6 Å². The molecule has 0 bridgehead atoms. The molecule has 1 aliphatic heterocycles. The zero-order valence-electron chi connectivity index (χ0n) is 19.6. The summed E-state index contributed by atoms with van der Waals surface area (Å²) >= 11 is 1.48. The van der Waals surface area contributed by atoms with E-state index in [9.17, 15) is 4.79 Å². The fourth-order valence-electron chi connectivity index (χ4n) is 3.68. The number of amides is 1. The van der Waals surface area contributed by atoms with Gasteiger partial charge in [0.05, 0.1) is 18.1 Å². The molecule has 3 aromatic rings. The molecule has 0 aromatic carbocycles. The maximum Gasteiger partial charge on any atom is 0.287 e. The number of pyridine rings is 1. The first-order valence-corrected chi connectivity index (χ1v) is 12.4. The third-order valence-corrected chi connectivity index (χ3v) is 6.48. The summed E-state index contributed by atoms with van der Waals surface area (Å²) in [6, 6.07) is 9.24. The minimum atomic E-state index is -0.250. The Bertz CT molecular complexity index is 1070. The van der Waals surface area contributed by atoms with Gasteiger partial charge < -0.3 is 24.3 Å². The molecule has 0 radical (unpaired) electrons. The number of likely N-dealkylation sites (N-methyl/N-ethyl adjacent to an activating group) is 1. The van der Waals surface area contributed by atoms with Gasteiger partial charge in [0.15, 0.2) is 10.9 Å². The SMILES string of the molecule is CCN1CCN(c2cc(COC)nc(SCc3ccc(C(=O)NCc4ccncc4)o3)n2)CC1. The van der Waals surface area contributed by atoms with Gasteiger partial charge in [0.1, 0.15) is 11.6 Å². The van der Waals surface area contributed by atoms with Crippen molar-refractivity contribution in [3.8, 4) is 0 Å². The van der Waals surface area contributed by atoms with Crippen molar-refractivity contribution in [2.75, 3.05) is 44.7 Å². The van der Waals surface area contributed by atoms with Crippen molar-refractivity contribution >= 4 is 23.5 Å². The number of nitrogens with zero attached hydrogens (tertiary/aromatic N) is 5. The van der Waals surface area contributed by atoms with Crippen LogP contribution in [-0.2, 0) is 23.6 Å². The van der Waals surface area contributed by atoms with Crippen molar-refractivity contribution in [3.05, 3.63) is 65.5 Å². The van der Waals surface area contributed by atoms with Gasteiger partial charge in [0.2, 0.25) is 0 Å². The van der Waals surface area contributed by atoms with Crippen LogP contribution in [0.5, 0.6) is 0 Å². The molecule has 1 amide bonds. The van der Waals surface area contributed by atoms with Crippen LogP contribution >= 0.6 is 11.8 Å². The Morgan fingerprint density at radius 1 is 1.15 bits per heavy atom. The molecule has 1 aliphatic rings. The van der Waals surface area contributed by atoms with E-state index < -0.39 is 0 Å². The Morgan fingerprint density at radius 3 is 2.68 bits per heavy atom. The Kier molecular flexibility index (Phi) is 8.51. The summed E-state index contributed by atoms with van der Waals surface area (Å²) in [4.78, 5) is 30.5. The molecule has 1 fully saturated rings. The summed E-state index contributed by atoms with van der Waals surface area (Å²) in [6.07, 6.45) is 3.40. The maximum absolute atomic E-state index is 12.4. The molecule has 3 aromatic heterocycles. The molecule has 0 spiro atoms. The number of hydrogen-bond acceptors (Lipinski definition) is 9.